The molecule has 5 rings (SSSR count). The first kappa shape index (κ1) is 23.5. The zero-order valence-corrected chi connectivity index (χ0v) is 20.7. The van der Waals surface area contributed by atoms with Crippen LogP contribution in [-0.4, -0.2) is 57.0 Å². The van der Waals surface area contributed by atoms with Gasteiger partial charge in [-0.15, -0.1) is 0 Å². The molecule has 9 nitrogen and oxygen atoms in total. The van der Waals surface area contributed by atoms with Gasteiger partial charge in [-0.05, 0) is 50.1 Å². The van der Waals surface area contributed by atoms with Crippen molar-refractivity contribution in [1.29, 1.82) is 0 Å². The van der Waals surface area contributed by atoms with Gasteiger partial charge in [0.25, 0.3) is 0 Å². The number of rotatable bonds is 7. The number of nitrogens with one attached hydrogen (secondary N) is 2. The van der Waals surface area contributed by atoms with Gasteiger partial charge < -0.3 is 20.3 Å². The average Bonchev–Trinajstić information content (AvgIpc) is 2.90. The summed E-state index contributed by atoms with van der Waals surface area (Å²) in [7, 11) is 0. The number of hydrogen-bond donors (Lipinski definition) is 2. The van der Waals surface area contributed by atoms with Crippen molar-refractivity contribution in [2.75, 3.05) is 36.9 Å². The Labute approximate surface area is 210 Å². The van der Waals surface area contributed by atoms with Crippen LogP contribution in [0.1, 0.15) is 25.1 Å². The lowest BCUT2D eigenvalue weighted by molar-refractivity contribution is -0.130. The number of anilines is 3. The van der Waals surface area contributed by atoms with Crippen molar-refractivity contribution in [3.05, 3.63) is 60.2 Å². The van der Waals surface area contributed by atoms with Crippen LogP contribution in [0.25, 0.3) is 22.0 Å². The highest BCUT2D eigenvalue weighted by Crippen LogP contribution is 2.36. The molecule has 0 spiro atoms. The molecule has 9 heteroatoms. The number of hydrogen-bond acceptors (Lipinski definition) is 8. The van der Waals surface area contributed by atoms with Gasteiger partial charge in [-0.1, -0.05) is 12.1 Å². The largest absolute Gasteiger partial charge is 0.474 e. The topological polar surface area (TPSA) is 105 Å². The zero-order chi connectivity index (χ0) is 25.1. The summed E-state index contributed by atoms with van der Waals surface area (Å²) in [6, 6.07) is 9.86. The molecule has 1 aromatic carbocycles. The van der Waals surface area contributed by atoms with Gasteiger partial charge in [-0.25, -0.2) is 15.0 Å². The number of carbonyl (C=O) groups excluding carboxylic acids is 1. The van der Waals surface area contributed by atoms with Crippen LogP contribution in [0.5, 0.6) is 5.88 Å². The predicted octanol–water partition coefficient (Wildman–Crippen LogP) is 4.35. The molecule has 36 heavy (non-hydrogen) atoms. The molecule has 1 aliphatic rings. The summed E-state index contributed by atoms with van der Waals surface area (Å²) in [5.41, 5.74) is 6.40. The number of amides is 1. The molecule has 0 fully saturated rings. The van der Waals surface area contributed by atoms with E-state index < -0.39 is 0 Å². The standard InChI is InChI=1S/C27H29N7O2/c1-4-34(5-2)24(35)13-20-8-9-21(15-29-20)32-27-31-14-19-7-6-18(12-23(19)33-27)22-16-30-26-25(17(22)3)28-10-11-36-26/h6-9,12,14-16,28H,4-5,10-11,13H2,1-3H3,(H,31,32,33). The van der Waals surface area contributed by atoms with Gasteiger partial charge in [-0.3, -0.25) is 9.78 Å². The molecule has 0 aliphatic carbocycles. The molecule has 184 valence electrons. The maximum atomic E-state index is 12.3. The van der Waals surface area contributed by atoms with E-state index in [0.29, 0.717) is 31.5 Å². The van der Waals surface area contributed by atoms with Crippen LogP contribution in [0.3, 0.4) is 0 Å². The molecule has 2 N–H and O–H groups in total. The van der Waals surface area contributed by atoms with Crippen LogP contribution in [0.4, 0.5) is 17.3 Å². The highest BCUT2D eigenvalue weighted by molar-refractivity contribution is 5.86. The third kappa shape index (κ3) is 4.77. The van der Waals surface area contributed by atoms with E-state index in [1.807, 2.05) is 44.3 Å². The molecule has 0 saturated carbocycles. The Morgan fingerprint density at radius 3 is 2.72 bits per heavy atom. The first-order valence-corrected chi connectivity index (χ1v) is 12.2. The quantitative estimate of drug-likeness (QED) is 0.400. The second-order valence-corrected chi connectivity index (χ2v) is 8.63. The highest BCUT2D eigenvalue weighted by atomic mass is 16.5. The number of pyridine rings is 2. The number of ether oxygens (including phenoxy) is 1. The second-order valence-electron chi connectivity index (χ2n) is 8.63. The summed E-state index contributed by atoms with van der Waals surface area (Å²) in [6.45, 7) is 8.81. The van der Waals surface area contributed by atoms with E-state index in [0.717, 1.165) is 51.2 Å². The van der Waals surface area contributed by atoms with Gasteiger partial charge >= 0.3 is 0 Å². The van der Waals surface area contributed by atoms with Crippen molar-refractivity contribution >= 4 is 34.1 Å². The Hall–Kier alpha value is -4.27. The first-order valence-electron chi connectivity index (χ1n) is 12.2. The second kappa shape index (κ2) is 10.2. The maximum absolute atomic E-state index is 12.3. The van der Waals surface area contributed by atoms with Crippen LogP contribution in [0.15, 0.2) is 48.9 Å². The van der Waals surface area contributed by atoms with Crippen LogP contribution in [-0.2, 0) is 11.2 Å². The van der Waals surface area contributed by atoms with E-state index in [9.17, 15) is 4.79 Å². The molecule has 0 bridgehead atoms. The van der Waals surface area contributed by atoms with E-state index in [-0.39, 0.29) is 12.3 Å². The van der Waals surface area contributed by atoms with E-state index in [1.165, 1.54) is 0 Å². The summed E-state index contributed by atoms with van der Waals surface area (Å²) in [4.78, 5) is 32.2. The third-order valence-corrected chi connectivity index (χ3v) is 6.37. The van der Waals surface area contributed by atoms with Gasteiger partial charge in [0.05, 0.1) is 23.8 Å². The fourth-order valence-corrected chi connectivity index (χ4v) is 4.34. The minimum Gasteiger partial charge on any atom is -0.474 e. The van der Waals surface area contributed by atoms with Crippen LogP contribution in [0.2, 0.25) is 0 Å². The van der Waals surface area contributed by atoms with Gasteiger partial charge in [0.2, 0.25) is 17.7 Å². The molecule has 0 atom stereocenters. The van der Waals surface area contributed by atoms with Crippen LogP contribution in [0, 0.1) is 6.92 Å². The van der Waals surface area contributed by atoms with Crippen LogP contribution >= 0.6 is 0 Å². The molecule has 4 aromatic rings. The summed E-state index contributed by atoms with van der Waals surface area (Å²) in [5, 5.41) is 7.55. The maximum Gasteiger partial charge on any atom is 0.237 e. The Kier molecular flexibility index (Phi) is 6.62. The molecular weight excluding hydrogens is 454 g/mol. The predicted molar refractivity (Wildman–Crippen MR) is 141 cm³/mol. The number of nitrogens with zero attached hydrogens (tertiary/aromatic N) is 5. The van der Waals surface area contributed by atoms with Crippen molar-refractivity contribution in [2.24, 2.45) is 0 Å². The van der Waals surface area contributed by atoms with Crippen molar-refractivity contribution in [1.82, 2.24) is 24.8 Å². The third-order valence-electron chi connectivity index (χ3n) is 6.37. The lowest BCUT2D eigenvalue weighted by Crippen LogP contribution is -2.31. The lowest BCUT2D eigenvalue weighted by atomic mass is 10.00. The minimum atomic E-state index is 0.0783. The van der Waals surface area contributed by atoms with Crippen LogP contribution < -0.4 is 15.4 Å². The van der Waals surface area contributed by atoms with E-state index in [1.54, 1.807) is 17.3 Å². The Balaban J connectivity index is 1.35. The van der Waals surface area contributed by atoms with E-state index in [2.05, 4.69) is 38.6 Å². The van der Waals surface area contributed by atoms with Crippen molar-refractivity contribution in [3.63, 3.8) is 0 Å². The molecule has 0 saturated heterocycles. The van der Waals surface area contributed by atoms with Gasteiger partial charge in [0, 0.05) is 48.7 Å². The summed E-state index contributed by atoms with van der Waals surface area (Å²) in [6.07, 6.45) is 5.63. The average molecular weight is 484 g/mol. The number of benzene rings is 1. The molecule has 0 unspecified atom stereocenters. The van der Waals surface area contributed by atoms with Gasteiger partial charge in [-0.2, -0.15) is 0 Å². The SMILES string of the molecule is CCN(CC)C(=O)Cc1ccc(Nc2ncc3ccc(-c4cnc5c(c4C)NCCO5)cc3n2)cn1. The summed E-state index contributed by atoms with van der Waals surface area (Å²) < 4.78 is 5.66. The Bertz CT molecular complexity index is 1400. The number of aromatic nitrogens is 4. The van der Waals surface area contributed by atoms with Crippen molar-refractivity contribution < 1.29 is 9.53 Å². The van der Waals surface area contributed by atoms with Gasteiger partial charge in [0.1, 0.15) is 12.3 Å². The Morgan fingerprint density at radius 1 is 1.08 bits per heavy atom. The summed E-state index contributed by atoms with van der Waals surface area (Å²) >= 11 is 0. The number of carbonyl (C=O) groups is 1. The molecule has 1 aliphatic heterocycles. The molecule has 1 amide bonds. The molecule has 3 aromatic heterocycles. The number of likely N-dealkylation sites (N-methyl/N-ethyl adjacent to an activating group) is 1. The molecule has 4 heterocycles. The monoisotopic (exact) mass is 483 g/mol. The minimum absolute atomic E-state index is 0.0783. The molecule has 0 radical (unpaired) electrons. The normalized spacial score (nSPS) is 12.4. The van der Waals surface area contributed by atoms with Crippen molar-refractivity contribution in [3.8, 4) is 17.0 Å². The summed E-state index contributed by atoms with van der Waals surface area (Å²) in [5.74, 6) is 1.20. The zero-order valence-electron chi connectivity index (χ0n) is 20.7. The number of fused-ring (bicyclic) bond motifs is 2. The van der Waals surface area contributed by atoms with E-state index in [4.69, 9.17) is 9.72 Å². The van der Waals surface area contributed by atoms with Crippen molar-refractivity contribution in [2.45, 2.75) is 27.2 Å². The fourth-order valence-electron chi connectivity index (χ4n) is 4.34. The van der Waals surface area contributed by atoms with Gasteiger partial charge in [0.15, 0.2) is 0 Å². The highest BCUT2D eigenvalue weighted by Gasteiger charge is 2.17. The van der Waals surface area contributed by atoms with E-state index >= 15 is 0 Å². The fraction of sp³-hybridized carbons (Fsp3) is 0.296. The molecular formula is C27H29N7O2. The lowest BCUT2D eigenvalue weighted by Gasteiger charge is -2.21. The first-order chi connectivity index (χ1) is 17.6. The Morgan fingerprint density at radius 2 is 1.94 bits per heavy atom. The smallest absolute Gasteiger partial charge is 0.237 e.